The van der Waals surface area contributed by atoms with Crippen LogP contribution in [0.4, 0.5) is 17.1 Å². The van der Waals surface area contributed by atoms with E-state index in [4.69, 9.17) is 0 Å². The molecule has 0 N–H and O–H groups in total. The van der Waals surface area contributed by atoms with Gasteiger partial charge in [-0.2, -0.15) is 0 Å². The van der Waals surface area contributed by atoms with Crippen LogP contribution in [0.5, 0.6) is 0 Å². The van der Waals surface area contributed by atoms with Crippen molar-refractivity contribution in [1.82, 2.24) is 0 Å². The van der Waals surface area contributed by atoms with E-state index < -0.39 is 0 Å². The average Bonchev–Trinajstić information content (AvgIpc) is 3.76. The molecule has 6 aromatic carbocycles. The summed E-state index contributed by atoms with van der Waals surface area (Å²) < 4.78 is 2.70. The van der Waals surface area contributed by atoms with Crippen LogP contribution in [-0.4, -0.2) is 0 Å². The van der Waals surface area contributed by atoms with Crippen molar-refractivity contribution in [3.05, 3.63) is 150 Å². The lowest BCUT2D eigenvalue weighted by atomic mass is 9.43. The zero-order valence-electron chi connectivity index (χ0n) is 29.3. The van der Waals surface area contributed by atoms with E-state index in [9.17, 15) is 0 Å². The summed E-state index contributed by atoms with van der Waals surface area (Å²) in [4.78, 5) is 2.71. The van der Waals surface area contributed by atoms with E-state index in [1.807, 2.05) is 11.3 Å². The Balaban J connectivity index is 1.20. The molecule has 4 saturated carbocycles. The van der Waals surface area contributed by atoms with Crippen molar-refractivity contribution in [2.75, 3.05) is 4.90 Å². The van der Waals surface area contributed by atoms with Gasteiger partial charge in [-0.15, -0.1) is 11.3 Å². The summed E-state index contributed by atoms with van der Waals surface area (Å²) in [5.41, 5.74) is 15.6. The van der Waals surface area contributed by atoms with Gasteiger partial charge >= 0.3 is 0 Å². The lowest BCUT2D eigenvalue weighted by molar-refractivity contribution is -0.0399. The average molecular weight is 676 g/mol. The van der Waals surface area contributed by atoms with E-state index in [0.717, 1.165) is 23.7 Å². The van der Waals surface area contributed by atoms with Gasteiger partial charge in [0.2, 0.25) is 0 Å². The minimum Gasteiger partial charge on any atom is -0.309 e. The smallest absolute Gasteiger partial charge is 0.0555 e. The maximum absolute atomic E-state index is 2.71. The zero-order valence-corrected chi connectivity index (χ0v) is 30.1. The molecular weight excluding hydrogens is 635 g/mol. The first-order valence-corrected chi connectivity index (χ1v) is 20.0. The SMILES string of the molecule is CC1(C)c2ccccc2-c2cccc(N(c3cccc4c3-c3ccccc3C43C4CC5CC(C4)CC3C5)c3cccc4sc5ccccc5c34)c21. The summed E-state index contributed by atoms with van der Waals surface area (Å²) >= 11 is 1.92. The molecule has 0 atom stereocenters. The minimum atomic E-state index is -0.149. The van der Waals surface area contributed by atoms with Crippen molar-refractivity contribution in [3.8, 4) is 22.3 Å². The summed E-state index contributed by atoms with van der Waals surface area (Å²) in [7, 11) is 0. The van der Waals surface area contributed by atoms with Crippen LogP contribution in [0.25, 0.3) is 42.4 Å². The second-order valence-corrected chi connectivity index (χ2v) is 18.0. The Morgan fingerprint density at radius 3 is 1.92 bits per heavy atom. The van der Waals surface area contributed by atoms with Crippen molar-refractivity contribution in [3.63, 3.8) is 0 Å². The van der Waals surface area contributed by atoms with Crippen LogP contribution >= 0.6 is 11.3 Å². The minimum absolute atomic E-state index is 0.121. The molecule has 4 bridgehead atoms. The number of benzene rings is 6. The highest BCUT2D eigenvalue weighted by Crippen LogP contribution is 2.70. The van der Waals surface area contributed by atoms with Gasteiger partial charge in [0.1, 0.15) is 0 Å². The molecule has 6 aliphatic rings. The molecule has 0 saturated heterocycles. The Labute approximate surface area is 304 Å². The molecule has 0 radical (unpaired) electrons. The quantitative estimate of drug-likeness (QED) is 0.180. The van der Waals surface area contributed by atoms with Crippen molar-refractivity contribution in [2.24, 2.45) is 23.7 Å². The third-order valence-corrected chi connectivity index (χ3v) is 15.4. The summed E-state index contributed by atoms with van der Waals surface area (Å²) in [5.74, 6) is 3.32. The molecule has 0 aliphatic heterocycles. The first kappa shape index (κ1) is 29.0. The fraction of sp³-hybridized carbons (Fsp3) is 0.265. The fourth-order valence-corrected chi connectivity index (χ4v) is 13.8. The second kappa shape index (κ2) is 10.0. The summed E-state index contributed by atoms with van der Waals surface area (Å²) in [5, 5.41) is 2.70. The summed E-state index contributed by atoms with van der Waals surface area (Å²) in [6, 6.07) is 49.3. The topological polar surface area (TPSA) is 3.24 Å². The van der Waals surface area contributed by atoms with Gasteiger partial charge in [0, 0.05) is 36.6 Å². The number of rotatable bonds is 3. The zero-order chi connectivity index (χ0) is 33.6. The Hall–Kier alpha value is -4.66. The standard InChI is InChI=1S/C49H41NS/c1-48(2)37-16-6-3-12-33(37)34-15-9-21-42(47(34)48)50(41-20-11-23-44-46(41)36-14-5-8-22-43(36)51-44)40-19-10-18-39-45(40)35-13-4-7-17-38(35)49(39)31-25-29-24-30(27-31)28-32(49)26-29/h3-23,29-32H,24-28H2,1-2H3. The number of thiophene rings is 1. The second-order valence-electron chi connectivity index (χ2n) is 16.9. The summed E-state index contributed by atoms with van der Waals surface area (Å²) in [6.45, 7) is 4.88. The van der Waals surface area contributed by atoms with Crippen LogP contribution in [0.1, 0.15) is 68.2 Å². The third-order valence-electron chi connectivity index (χ3n) is 14.2. The van der Waals surface area contributed by atoms with E-state index in [2.05, 4.69) is 146 Å². The van der Waals surface area contributed by atoms with Crippen LogP contribution in [0.2, 0.25) is 0 Å². The van der Waals surface area contributed by atoms with Crippen LogP contribution in [0.3, 0.4) is 0 Å². The fourth-order valence-electron chi connectivity index (χ4n) is 12.7. The number of hydrogen-bond donors (Lipinski definition) is 0. The Morgan fingerprint density at radius 2 is 1.10 bits per heavy atom. The molecule has 6 aliphatic carbocycles. The van der Waals surface area contributed by atoms with Gasteiger partial charge in [-0.05, 0) is 125 Å². The van der Waals surface area contributed by atoms with E-state index >= 15 is 0 Å². The predicted molar refractivity (Wildman–Crippen MR) is 215 cm³/mol. The highest BCUT2D eigenvalue weighted by molar-refractivity contribution is 7.26. The Morgan fingerprint density at radius 1 is 0.510 bits per heavy atom. The van der Waals surface area contributed by atoms with Gasteiger partial charge in [0.05, 0.1) is 17.1 Å². The molecule has 51 heavy (non-hydrogen) atoms. The number of fused-ring (bicyclic) bond motifs is 9. The number of hydrogen-bond acceptors (Lipinski definition) is 2. The predicted octanol–water partition coefficient (Wildman–Crippen LogP) is 13.6. The molecule has 1 heterocycles. The highest BCUT2D eigenvalue weighted by atomic mass is 32.1. The van der Waals surface area contributed by atoms with Gasteiger partial charge in [-0.25, -0.2) is 0 Å². The monoisotopic (exact) mass is 675 g/mol. The van der Waals surface area contributed by atoms with Crippen LogP contribution < -0.4 is 4.90 Å². The molecule has 13 rings (SSSR count). The Bertz CT molecular complexity index is 2570. The lowest BCUT2D eigenvalue weighted by Gasteiger charge is -2.61. The van der Waals surface area contributed by atoms with Gasteiger partial charge in [-0.3, -0.25) is 0 Å². The molecule has 1 nitrogen and oxygen atoms in total. The van der Waals surface area contributed by atoms with Gasteiger partial charge in [0.25, 0.3) is 0 Å². The van der Waals surface area contributed by atoms with E-state index in [0.29, 0.717) is 0 Å². The van der Waals surface area contributed by atoms with E-state index in [1.54, 1.807) is 11.1 Å². The molecule has 0 unspecified atom stereocenters. The molecule has 4 fully saturated rings. The molecular formula is C49H41NS. The maximum Gasteiger partial charge on any atom is 0.0555 e. The van der Waals surface area contributed by atoms with Crippen molar-refractivity contribution in [2.45, 2.75) is 56.8 Å². The number of nitrogens with zero attached hydrogens (tertiary/aromatic N) is 1. The molecule has 1 aromatic heterocycles. The molecule has 7 aromatic rings. The molecule has 248 valence electrons. The normalized spacial score (nSPS) is 25.7. The molecule has 0 amide bonds. The van der Waals surface area contributed by atoms with E-state index in [-0.39, 0.29) is 10.8 Å². The number of anilines is 3. The van der Waals surface area contributed by atoms with Gasteiger partial charge < -0.3 is 4.90 Å². The van der Waals surface area contributed by atoms with Crippen molar-refractivity contribution < 1.29 is 0 Å². The van der Waals surface area contributed by atoms with Crippen LogP contribution in [-0.2, 0) is 10.8 Å². The maximum atomic E-state index is 2.71. The van der Waals surface area contributed by atoms with Gasteiger partial charge in [0.15, 0.2) is 0 Å². The van der Waals surface area contributed by atoms with Crippen LogP contribution in [0.15, 0.2) is 127 Å². The molecule has 2 heteroatoms. The first-order chi connectivity index (χ1) is 25.0. The van der Waals surface area contributed by atoms with Crippen molar-refractivity contribution in [1.29, 1.82) is 0 Å². The first-order valence-electron chi connectivity index (χ1n) is 19.2. The third kappa shape index (κ3) is 3.58. The lowest BCUT2D eigenvalue weighted by Crippen LogP contribution is -2.55. The Kier molecular flexibility index (Phi) is 5.69. The van der Waals surface area contributed by atoms with Crippen LogP contribution in [0, 0.1) is 23.7 Å². The largest absolute Gasteiger partial charge is 0.309 e. The molecule has 1 spiro atoms. The highest BCUT2D eigenvalue weighted by Gasteiger charge is 2.62. The van der Waals surface area contributed by atoms with Gasteiger partial charge in [-0.1, -0.05) is 111 Å². The van der Waals surface area contributed by atoms with Crippen molar-refractivity contribution >= 4 is 48.6 Å². The van der Waals surface area contributed by atoms with E-state index in [1.165, 1.54) is 103 Å². The summed E-state index contributed by atoms with van der Waals surface area (Å²) in [6.07, 6.45) is 7.06.